The van der Waals surface area contributed by atoms with Gasteiger partial charge in [0.25, 0.3) is 5.91 Å². The van der Waals surface area contributed by atoms with Gasteiger partial charge in [-0.3, -0.25) is 9.59 Å². The Kier molecular flexibility index (Phi) is 3.08. The van der Waals surface area contributed by atoms with Crippen LogP contribution in [0, 0.1) is 17.8 Å². The molecule has 4 N–H and O–H groups in total. The fraction of sp³-hybridized carbons (Fsp3) is 0.500. The van der Waals surface area contributed by atoms with Gasteiger partial charge in [-0.25, -0.2) is 4.98 Å². The van der Waals surface area contributed by atoms with Gasteiger partial charge in [0.15, 0.2) is 0 Å². The van der Waals surface area contributed by atoms with Crippen LogP contribution in [0.1, 0.15) is 29.8 Å². The third-order valence-corrected chi connectivity index (χ3v) is 4.52. The van der Waals surface area contributed by atoms with E-state index in [4.69, 9.17) is 5.73 Å². The molecule has 0 saturated heterocycles. The number of aromatic nitrogens is 1. The monoisotopic (exact) mass is 275 g/mol. The van der Waals surface area contributed by atoms with Crippen molar-refractivity contribution in [1.82, 2.24) is 4.98 Å². The number of primary amides is 1. The summed E-state index contributed by atoms with van der Waals surface area (Å²) in [5.74, 6) is -0.551. The second-order valence-electron chi connectivity index (χ2n) is 5.64. The predicted molar refractivity (Wildman–Crippen MR) is 72.1 cm³/mol. The fourth-order valence-electron chi connectivity index (χ4n) is 3.68. The second kappa shape index (κ2) is 4.77. The molecule has 6 heteroatoms. The number of aliphatic carboxylic acids is 1. The minimum Gasteiger partial charge on any atom is -0.481 e. The molecule has 0 aliphatic heterocycles. The quantitative estimate of drug-likeness (QED) is 0.762. The van der Waals surface area contributed by atoms with Crippen molar-refractivity contribution in [2.24, 2.45) is 23.5 Å². The molecule has 3 rings (SSSR count). The van der Waals surface area contributed by atoms with Crippen LogP contribution in [0.15, 0.2) is 18.2 Å². The lowest BCUT2D eigenvalue weighted by atomic mass is 9.84. The molecule has 0 radical (unpaired) electrons. The van der Waals surface area contributed by atoms with Crippen molar-refractivity contribution in [3.8, 4) is 0 Å². The summed E-state index contributed by atoms with van der Waals surface area (Å²) in [5, 5.41) is 12.6. The van der Waals surface area contributed by atoms with Crippen molar-refractivity contribution in [2.75, 3.05) is 5.32 Å². The molecule has 4 unspecified atom stereocenters. The van der Waals surface area contributed by atoms with Crippen LogP contribution in [-0.4, -0.2) is 28.0 Å². The average molecular weight is 275 g/mol. The lowest BCUT2D eigenvalue weighted by Crippen LogP contribution is -2.39. The molecule has 2 fully saturated rings. The van der Waals surface area contributed by atoms with Gasteiger partial charge >= 0.3 is 5.97 Å². The first-order valence-electron chi connectivity index (χ1n) is 6.82. The maximum absolute atomic E-state index is 11.4. The van der Waals surface area contributed by atoms with Gasteiger partial charge in [0.1, 0.15) is 11.5 Å². The molecule has 2 aliphatic carbocycles. The summed E-state index contributed by atoms with van der Waals surface area (Å²) in [6, 6.07) is 4.86. The molecule has 6 nitrogen and oxygen atoms in total. The van der Waals surface area contributed by atoms with Gasteiger partial charge in [-0.05, 0) is 43.2 Å². The summed E-state index contributed by atoms with van der Waals surface area (Å²) in [4.78, 5) is 26.7. The molecule has 1 aromatic heterocycles. The van der Waals surface area contributed by atoms with Crippen LogP contribution in [0.5, 0.6) is 0 Å². The molecular formula is C14H17N3O3. The van der Waals surface area contributed by atoms with E-state index in [0.29, 0.717) is 11.7 Å². The first-order chi connectivity index (χ1) is 9.56. The van der Waals surface area contributed by atoms with E-state index in [9.17, 15) is 14.7 Å². The number of carboxylic acids is 1. The van der Waals surface area contributed by atoms with Gasteiger partial charge in [-0.15, -0.1) is 0 Å². The number of pyridine rings is 1. The Morgan fingerprint density at radius 2 is 2.05 bits per heavy atom. The van der Waals surface area contributed by atoms with Gasteiger partial charge in [0, 0.05) is 6.04 Å². The van der Waals surface area contributed by atoms with Gasteiger partial charge in [0.05, 0.1) is 5.92 Å². The lowest BCUT2D eigenvalue weighted by Gasteiger charge is -2.29. The topological polar surface area (TPSA) is 105 Å². The number of nitrogens with two attached hydrogens (primary N) is 1. The van der Waals surface area contributed by atoms with E-state index in [2.05, 4.69) is 10.3 Å². The highest BCUT2D eigenvalue weighted by atomic mass is 16.4. The number of nitrogens with one attached hydrogen (secondary N) is 1. The Labute approximate surface area is 116 Å². The first-order valence-corrected chi connectivity index (χ1v) is 6.82. The van der Waals surface area contributed by atoms with Crippen molar-refractivity contribution in [1.29, 1.82) is 0 Å². The summed E-state index contributed by atoms with van der Waals surface area (Å²) < 4.78 is 0. The standard InChI is InChI=1S/C14H17N3O3/c15-13(18)9-2-1-3-10(16-9)17-12-8-5-4-7(6-8)11(12)14(19)20/h1-3,7-8,11-12H,4-6H2,(H2,15,18)(H,16,17)(H,19,20). The highest BCUT2D eigenvalue weighted by Gasteiger charge is 2.51. The normalized spacial score (nSPS) is 31.2. The van der Waals surface area contributed by atoms with Crippen LogP contribution in [0.2, 0.25) is 0 Å². The molecule has 20 heavy (non-hydrogen) atoms. The number of nitrogens with zero attached hydrogens (tertiary/aromatic N) is 1. The Balaban J connectivity index is 1.81. The molecule has 2 bridgehead atoms. The van der Waals surface area contributed by atoms with E-state index in [0.717, 1.165) is 19.3 Å². The highest BCUT2D eigenvalue weighted by Crippen LogP contribution is 2.49. The molecule has 2 aliphatic rings. The minimum absolute atomic E-state index is 0.109. The second-order valence-corrected chi connectivity index (χ2v) is 5.64. The van der Waals surface area contributed by atoms with Crippen LogP contribution in [-0.2, 0) is 4.79 Å². The van der Waals surface area contributed by atoms with Crippen LogP contribution in [0.3, 0.4) is 0 Å². The van der Waals surface area contributed by atoms with Crippen molar-refractivity contribution in [3.63, 3.8) is 0 Å². The van der Waals surface area contributed by atoms with Gasteiger partial charge in [0.2, 0.25) is 0 Å². The number of hydrogen-bond donors (Lipinski definition) is 3. The van der Waals surface area contributed by atoms with Gasteiger partial charge < -0.3 is 16.2 Å². The maximum Gasteiger partial charge on any atom is 0.308 e. The summed E-state index contributed by atoms with van der Waals surface area (Å²) in [7, 11) is 0. The predicted octanol–water partition coefficient (Wildman–Crippen LogP) is 1.09. The summed E-state index contributed by atoms with van der Waals surface area (Å²) in [6.07, 6.45) is 3.01. The van der Waals surface area contributed by atoms with Gasteiger partial charge in [-0.1, -0.05) is 6.07 Å². The minimum atomic E-state index is -0.749. The molecule has 0 spiro atoms. The SMILES string of the molecule is NC(=O)c1cccc(NC2C3CCC(C3)C2C(=O)O)n1. The van der Waals surface area contributed by atoms with Crippen LogP contribution in [0.4, 0.5) is 5.82 Å². The number of carbonyl (C=O) groups excluding carboxylic acids is 1. The van der Waals surface area contributed by atoms with Crippen molar-refractivity contribution in [2.45, 2.75) is 25.3 Å². The first kappa shape index (κ1) is 12.9. The number of rotatable bonds is 4. The van der Waals surface area contributed by atoms with Gasteiger partial charge in [-0.2, -0.15) is 0 Å². The molecule has 0 aromatic carbocycles. The number of hydrogen-bond acceptors (Lipinski definition) is 4. The number of fused-ring (bicyclic) bond motifs is 2. The van der Waals surface area contributed by atoms with E-state index in [1.807, 2.05) is 0 Å². The lowest BCUT2D eigenvalue weighted by molar-refractivity contribution is -0.143. The average Bonchev–Trinajstić information content (AvgIpc) is 2.99. The maximum atomic E-state index is 11.4. The largest absolute Gasteiger partial charge is 0.481 e. The van der Waals surface area contributed by atoms with E-state index in [1.54, 1.807) is 18.2 Å². The zero-order valence-corrected chi connectivity index (χ0v) is 11.0. The Morgan fingerprint density at radius 1 is 1.30 bits per heavy atom. The van der Waals surface area contributed by atoms with Crippen molar-refractivity contribution >= 4 is 17.7 Å². The summed E-state index contributed by atoms with van der Waals surface area (Å²) in [5.41, 5.74) is 5.39. The Hall–Kier alpha value is -2.11. The Morgan fingerprint density at radius 3 is 2.75 bits per heavy atom. The molecular weight excluding hydrogens is 258 g/mol. The molecule has 4 atom stereocenters. The fourth-order valence-corrected chi connectivity index (χ4v) is 3.68. The van der Waals surface area contributed by atoms with Crippen LogP contribution >= 0.6 is 0 Å². The molecule has 1 amide bonds. The summed E-state index contributed by atoms with van der Waals surface area (Å²) >= 11 is 0. The van der Waals surface area contributed by atoms with E-state index in [-0.39, 0.29) is 23.6 Å². The smallest absolute Gasteiger partial charge is 0.308 e. The van der Waals surface area contributed by atoms with Crippen molar-refractivity contribution < 1.29 is 14.7 Å². The molecule has 1 aromatic rings. The van der Waals surface area contributed by atoms with E-state index in [1.165, 1.54) is 0 Å². The van der Waals surface area contributed by atoms with Crippen LogP contribution in [0.25, 0.3) is 0 Å². The number of carboxylic acid groups (broad SMARTS) is 1. The van der Waals surface area contributed by atoms with Crippen molar-refractivity contribution in [3.05, 3.63) is 23.9 Å². The van der Waals surface area contributed by atoms with Crippen LogP contribution < -0.4 is 11.1 Å². The molecule has 106 valence electrons. The highest BCUT2D eigenvalue weighted by molar-refractivity contribution is 5.91. The number of carbonyl (C=O) groups is 2. The number of anilines is 1. The third-order valence-electron chi connectivity index (χ3n) is 4.52. The van der Waals surface area contributed by atoms with E-state index >= 15 is 0 Å². The molecule has 2 saturated carbocycles. The molecule has 1 heterocycles. The van der Waals surface area contributed by atoms with E-state index < -0.39 is 11.9 Å². The third kappa shape index (κ3) is 2.11. The number of amides is 1. The zero-order valence-electron chi connectivity index (χ0n) is 11.0. The zero-order chi connectivity index (χ0) is 14.3. The summed E-state index contributed by atoms with van der Waals surface area (Å²) in [6.45, 7) is 0. The Bertz CT molecular complexity index is 560.